The molecule has 2 rings (SSSR count). The van der Waals surface area contributed by atoms with Crippen LogP contribution in [-0.2, 0) is 18.9 Å². The van der Waals surface area contributed by atoms with E-state index in [2.05, 4.69) is 26.2 Å². The second-order valence-electron chi connectivity index (χ2n) is 7.00. The van der Waals surface area contributed by atoms with Crippen molar-refractivity contribution < 1.29 is 23.7 Å². The topological polar surface area (TPSA) is 54.0 Å². The normalized spacial score (nSPS) is 33.0. The number of hydrogen-bond donors (Lipinski definition) is 0. The Labute approximate surface area is 136 Å². The standard InChI is InChI=1S/C15H30O5Si2/c1-21(2)14(9-5-7-11-17-14)19-13(16)20-15(22(3)4)10-6-8-12-18-15/h21-22H,5-12H2,1-4H3. The Kier molecular flexibility index (Phi) is 6.10. The zero-order valence-electron chi connectivity index (χ0n) is 14.4. The molecule has 2 heterocycles. The molecule has 2 fully saturated rings. The molecule has 0 aromatic heterocycles. The quantitative estimate of drug-likeness (QED) is 0.578. The van der Waals surface area contributed by atoms with Crippen LogP contribution in [0.15, 0.2) is 0 Å². The molecule has 7 heteroatoms. The number of carbonyl (C=O) groups excluding carboxylic acids is 1. The smallest absolute Gasteiger partial charge is 0.406 e. The molecule has 0 aromatic carbocycles. The Morgan fingerprint density at radius 3 is 1.50 bits per heavy atom. The lowest BCUT2D eigenvalue weighted by molar-refractivity contribution is -0.220. The molecule has 2 saturated heterocycles. The van der Waals surface area contributed by atoms with E-state index in [-0.39, 0.29) is 0 Å². The minimum absolute atomic E-state index is 0.605. The van der Waals surface area contributed by atoms with Crippen LogP contribution in [0.25, 0.3) is 0 Å². The van der Waals surface area contributed by atoms with Crippen molar-refractivity contribution in [1.82, 2.24) is 0 Å². The molecule has 2 aliphatic heterocycles. The van der Waals surface area contributed by atoms with Crippen molar-refractivity contribution in [3.05, 3.63) is 0 Å². The van der Waals surface area contributed by atoms with Gasteiger partial charge in [0.05, 0.1) is 13.2 Å². The van der Waals surface area contributed by atoms with Crippen molar-refractivity contribution in [1.29, 1.82) is 0 Å². The van der Waals surface area contributed by atoms with Gasteiger partial charge in [0.2, 0.25) is 0 Å². The van der Waals surface area contributed by atoms with Gasteiger partial charge in [-0.15, -0.1) is 0 Å². The molecule has 0 spiro atoms. The third-order valence-electron chi connectivity index (χ3n) is 4.80. The molecule has 2 atom stereocenters. The molecule has 0 aromatic rings. The molecule has 5 nitrogen and oxygen atoms in total. The molecule has 0 aliphatic carbocycles. The van der Waals surface area contributed by atoms with E-state index in [4.69, 9.17) is 18.9 Å². The zero-order chi connectivity index (χ0) is 16.2. The molecular formula is C15H30O5Si2. The molecule has 2 aliphatic rings. The largest absolute Gasteiger partial charge is 0.512 e. The predicted octanol–water partition coefficient (Wildman–Crippen LogP) is 2.99. The number of rotatable bonds is 4. The fourth-order valence-electron chi connectivity index (χ4n) is 3.19. The molecule has 0 radical (unpaired) electrons. The summed E-state index contributed by atoms with van der Waals surface area (Å²) < 4.78 is 23.3. The minimum Gasteiger partial charge on any atom is -0.406 e. The van der Waals surface area contributed by atoms with Crippen molar-refractivity contribution in [2.24, 2.45) is 0 Å². The number of carbonyl (C=O) groups is 1. The summed E-state index contributed by atoms with van der Waals surface area (Å²) in [4.78, 5) is 12.4. The minimum atomic E-state index is -1.32. The lowest BCUT2D eigenvalue weighted by Crippen LogP contribution is -2.55. The molecule has 0 bridgehead atoms. The second kappa shape index (κ2) is 7.46. The number of hydrogen-bond acceptors (Lipinski definition) is 5. The Morgan fingerprint density at radius 1 is 0.818 bits per heavy atom. The van der Waals surface area contributed by atoms with Crippen LogP contribution >= 0.6 is 0 Å². The highest BCUT2D eigenvalue weighted by Crippen LogP contribution is 2.33. The average molecular weight is 347 g/mol. The van der Waals surface area contributed by atoms with Crippen molar-refractivity contribution in [3.63, 3.8) is 0 Å². The van der Waals surface area contributed by atoms with Crippen LogP contribution in [-0.4, -0.2) is 47.8 Å². The lowest BCUT2D eigenvalue weighted by Gasteiger charge is -2.42. The monoisotopic (exact) mass is 346 g/mol. The highest BCUT2D eigenvalue weighted by Gasteiger charge is 2.46. The van der Waals surface area contributed by atoms with Gasteiger partial charge in [-0.25, -0.2) is 4.79 Å². The summed E-state index contributed by atoms with van der Waals surface area (Å²) in [7, 11) is -2.64. The average Bonchev–Trinajstić information content (AvgIpc) is 2.48. The van der Waals surface area contributed by atoms with E-state index in [1.54, 1.807) is 0 Å². The SMILES string of the molecule is C[SiH](C)C1(OC(=O)OC2([SiH](C)C)CCCCO2)CCCCO1. The summed E-state index contributed by atoms with van der Waals surface area (Å²) in [6, 6.07) is 0. The fourth-order valence-corrected chi connectivity index (χ4v) is 6.32. The van der Waals surface area contributed by atoms with Crippen LogP contribution < -0.4 is 0 Å². The summed E-state index contributed by atoms with van der Waals surface area (Å²) in [6.07, 6.45) is 5.13. The molecular weight excluding hydrogens is 316 g/mol. The third kappa shape index (κ3) is 3.93. The van der Waals surface area contributed by atoms with Gasteiger partial charge in [-0.3, -0.25) is 0 Å². The summed E-state index contributed by atoms with van der Waals surface area (Å²) in [6.45, 7) is 9.95. The first-order valence-corrected chi connectivity index (χ1v) is 14.4. The lowest BCUT2D eigenvalue weighted by atomic mass is 10.2. The highest BCUT2D eigenvalue weighted by atomic mass is 28.3. The first kappa shape index (κ1) is 18.0. The van der Waals surface area contributed by atoms with Crippen molar-refractivity contribution in [3.8, 4) is 0 Å². The van der Waals surface area contributed by atoms with Gasteiger partial charge >= 0.3 is 6.16 Å². The van der Waals surface area contributed by atoms with Crippen LogP contribution in [0.2, 0.25) is 26.2 Å². The van der Waals surface area contributed by atoms with E-state index in [1.165, 1.54) is 0 Å². The van der Waals surface area contributed by atoms with Gasteiger partial charge in [0.15, 0.2) is 10.8 Å². The summed E-state index contributed by atoms with van der Waals surface area (Å²) >= 11 is 0. The second-order valence-corrected chi connectivity index (χ2v) is 13.4. The van der Waals surface area contributed by atoms with Gasteiger partial charge in [0, 0.05) is 12.8 Å². The van der Waals surface area contributed by atoms with Gasteiger partial charge in [0.25, 0.3) is 0 Å². The van der Waals surface area contributed by atoms with E-state index in [0.29, 0.717) is 13.2 Å². The highest BCUT2D eigenvalue weighted by molar-refractivity contribution is 6.59. The van der Waals surface area contributed by atoms with E-state index in [9.17, 15) is 4.79 Å². The summed E-state index contributed by atoms with van der Waals surface area (Å²) in [5, 5.41) is 0. The van der Waals surface area contributed by atoms with Crippen molar-refractivity contribution in [2.75, 3.05) is 13.2 Å². The Bertz CT molecular complexity index is 340. The summed E-state index contributed by atoms with van der Waals surface area (Å²) in [5.74, 6) is 0. The number of ether oxygens (including phenoxy) is 4. The molecule has 2 unspecified atom stereocenters. The van der Waals surface area contributed by atoms with Gasteiger partial charge in [-0.2, -0.15) is 0 Å². The van der Waals surface area contributed by atoms with Crippen LogP contribution in [0.4, 0.5) is 4.79 Å². The van der Waals surface area contributed by atoms with Crippen LogP contribution in [0.5, 0.6) is 0 Å². The first-order valence-electron chi connectivity index (χ1n) is 8.60. The fraction of sp³-hybridized carbons (Fsp3) is 0.933. The molecule has 0 amide bonds. The maximum absolute atomic E-state index is 12.4. The van der Waals surface area contributed by atoms with E-state index >= 15 is 0 Å². The van der Waals surface area contributed by atoms with Gasteiger partial charge in [0.1, 0.15) is 17.6 Å². The predicted molar refractivity (Wildman–Crippen MR) is 90.4 cm³/mol. The maximum Gasteiger partial charge on any atom is 0.512 e. The van der Waals surface area contributed by atoms with Gasteiger partial charge in [-0.05, 0) is 25.7 Å². The van der Waals surface area contributed by atoms with E-state index in [0.717, 1.165) is 38.5 Å². The van der Waals surface area contributed by atoms with Crippen molar-refractivity contribution >= 4 is 23.7 Å². The Hall–Kier alpha value is -0.376. The zero-order valence-corrected chi connectivity index (χ0v) is 16.7. The molecule has 22 heavy (non-hydrogen) atoms. The van der Waals surface area contributed by atoms with Crippen LogP contribution in [0, 0.1) is 0 Å². The molecule has 128 valence electrons. The summed E-state index contributed by atoms with van der Waals surface area (Å²) in [5.41, 5.74) is -1.41. The van der Waals surface area contributed by atoms with Gasteiger partial charge in [-0.1, -0.05) is 26.2 Å². The Balaban J connectivity index is 2.03. The van der Waals surface area contributed by atoms with Crippen molar-refractivity contribution in [2.45, 2.75) is 75.5 Å². The molecule has 0 N–H and O–H groups in total. The van der Waals surface area contributed by atoms with E-state index in [1.807, 2.05) is 0 Å². The third-order valence-corrected chi connectivity index (χ3v) is 9.47. The van der Waals surface area contributed by atoms with Gasteiger partial charge < -0.3 is 18.9 Å². The Morgan fingerprint density at radius 2 is 1.23 bits per heavy atom. The van der Waals surface area contributed by atoms with E-state index < -0.39 is 34.6 Å². The first-order chi connectivity index (χ1) is 10.4. The maximum atomic E-state index is 12.4. The van der Waals surface area contributed by atoms with Crippen LogP contribution in [0.1, 0.15) is 38.5 Å². The van der Waals surface area contributed by atoms with Crippen LogP contribution in [0.3, 0.4) is 0 Å². The molecule has 0 saturated carbocycles.